The van der Waals surface area contributed by atoms with Crippen molar-refractivity contribution in [2.75, 3.05) is 5.75 Å². The van der Waals surface area contributed by atoms with Gasteiger partial charge in [0.05, 0.1) is 11.8 Å². The SMILES string of the molecule is CCC1SCC(C(=O)O)N1C(=O)Cc1ccccc1Cl. The van der Waals surface area contributed by atoms with Crippen LogP contribution in [-0.2, 0) is 16.0 Å². The molecule has 1 saturated heterocycles. The standard InChI is InChI=1S/C14H16ClNO3S/c1-2-13-16(11(8-20-13)14(18)19)12(17)7-9-5-3-4-6-10(9)15/h3-6,11,13H,2,7-8H2,1H3,(H,18,19). The highest BCUT2D eigenvalue weighted by molar-refractivity contribution is 8.00. The van der Waals surface area contributed by atoms with Crippen LogP contribution in [-0.4, -0.2) is 39.1 Å². The van der Waals surface area contributed by atoms with E-state index in [0.29, 0.717) is 10.8 Å². The largest absolute Gasteiger partial charge is 0.480 e. The molecule has 1 aliphatic heterocycles. The summed E-state index contributed by atoms with van der Waals surface area (Å²) in [7, 11) is 0. The number of halogens is 1. The fourth-order valence-electron chi connectivity index (χ4n) is 2.30. The molecule has 1 aromatic rings. The molecule has 0 aliphatic carbocycles. The lowest BCUT2D eigenvalue weighted by atomic mass is 10.1. The van der Waals surface area contributed by atoms with Gasteiger partial charge in [0.25, 0.3) is 0 Å². The number of carboxylic acid groups (broad SMARTS) is 1. The van der Waals surface area contributed by atoms with E-state index in [2.05, 4.69) is 0 Å². The van der Waals surface area contributed by atoms with E-state index in [1.165, 1.54) is 16.7 Å². The molecule has 0 saturated carbocycles. The van der Waals surface area contributed by atoms with Gasteiger partial charge in [-0.05, 0) is 18.1 Å². The monoisotopic (exact) mass is 313 g/mol. The lowest BCUT2D eigenvalue weighted by Crippen LogP contribution is -2.46. The van der Waals surface area contributed by atoms with E-state index >= 15 is 0 Å². The fraction of sp³-hybridized carbons (Fsp3) is 0.429. The molecule has 0 aromatic heterocycles. The first kappa shape index (κ1) is 15.2. The number of hydrogen-bond acceptors (Lipinski definition) is 3. The second kappa shape index (κ2) is 6.50. The van der Waals surface area contributed by atoms with E-state index in [4.69, 9.17) is 11.6 Å². The smallest absolute Gasteiger partial charge is 0.327 e. The van der Waals surface area contributed by atoms with Gasteiger partial charge in [-0.1, -0.05) is 36.7 Å². The van der Waals surface area contributed by atoms with Crippen LogP contribution >= 0.6 is 23.4 Å². The highest BCUT2D eigenvalue weighted by Crippen LogP contribution is 2.32. The molecule has 1 amide bonds. The molecule has 1 aromatic carbocycles. The third kappa shape index (κ3) is 3.10. The molecule has 1 fully saturated rings. The van der Waals surface area contributed by atoms with Crippen LogP contribution < -0.4 is 0 Å². The summed E-state index contributed by atoms with van der Waals surface area (Å²) in [6.07, 6.45) is 0.878. The van der Waals surface area contributed by atoms with E-state index < -0.39 is 12.0 Å². The maximum absolute atomic E-state index is 12.4. The first-order valence-electron chi connectivity index (χ1n) is 6.43. The number of rotatable bonds is 4. The average molecular weight is 314 g/mol. The molecule has 0 spiro atoms. The first-order valence-corrected chi connectivity index (χ1v) is 7.86. The second-order valence-electron chi connectivity index (χ2n) is 4.62. The van der Waals surface area contributed by atoms with Crippen molar-refractivity contribution in [2.24, 2.45) is 0 Å². The minimum absolute atomic E-state index is 0.0638. The Morgan fingerprint density at radius 3 is 2.75 bits per heavy atom. The van der Waals surface area contributed by atoms with Crippen molar-refractivity contribution < 1.29 is 14.7 Å². The predicted octanol–water partition coefficient (Wildman–Crippen LogP) is 2.65. The van der Waals surface area contributed by atoms with Crippen LogP contribution in [0.5, 0.6) is 0 Å². The molecular weight excluding hydrogens is 298 g/mol. The van der Waals surface area contributed by atoms with Crippen LogP contribution in [0, 0.1) is 0 Å². The minimum Gasteiger partial charge on any atom is -0.480 e. The number of nitrogens with zero attached hydrogens (tertiary/aromatic N) is 1. The van der Waals surface area contributed by atoms with Gasteiger partial charge < -0.3 is 10.0 Å². The van der Waals surface area contributed by atoms with E-state index in [1.54, 1.807) is 18.2 Å². The van der Waals surface area contributed by atoms with Gasteiger partial charge in [-0.2, -0.15) is 0 Å². The molecular formula is C14H16ClNO3S. The molecule has 6 heteroatoms. The number of benzene rings is 1. The zero-order valence-electron chi connectivity index (χ0n) is 11.1. The summed E-state index contributed by atoms with van der Waals surface area (Å²) in [5.41, 5.74) is 0.732. The van der Waals surface area contributed by atoms with Gasteiger partial charge in [0, 0.05) is 10.8 Å². The number of aliphatic carboxylic acids is 1. The van der Waals surface area contributed by atoms with Gasteiger partial charge in [-0.3, -0.25) is 4.79 Å². The summed E-state index contributed by atoms with van der Waals surface area (Å²) in [6, 6.07) is 6.41. The Bertz CT molecular complexity index is 523. The topological polar surface area (TPSA) is 57.6 Å². The zero-order chi connectivity index (χ0) is 14.7. The van der Waals surface area contributed by atoms with Crippen molar-refractivity contribution in [3.63, 3.8) is 0 Å². The second-order valence-corrected chi connectivity index (χ2v) is 6.24. The van der Waals surface area contributed by atoms with Gasteiger partial charge in [0.15, 0.2) is 0 Å². The van der Waals surface area contributed by atoms with E-state index in [9.17, 15) is 14.7 Å². The van der Waals surface area contributed by atoms with Crippen LogP contribution in [0.15, 0.2) is 24.3 Å². The Balaban J connectivity index is 2.17. The highest BCUT2D eigenvalue weighted by Gasteiger charge is 2.40. The Labute approximate surface area is 127 Å². The summed E-state index contributed by atoms with van der Waals surface area (Å²) in [6.45, 7) is 1.96. The number of carbonyl (C=O) groups is 2. The van der Waals surface area contributed by atoms with Gasteiger partial charge in [-0.15, -0.1) is 11.8 Å². The molecule has 20 heavy (non-hydrogen) atoms. The van der Waals surface area contributed by atoms with Gasteiger partial charge >= 0.3 is 5.97 Å². The Kier molecular flexibility index (Phi) is 4.94. The van der Waals surface area contributed by atoms with Crippen molar-refractivity contribution in [2.45, 2.75) is 31.2 Å². The predicted molar refractivity (Wildman–Crippen MR) is 80.0 cm³/mol. The van der Waals surface area contributed by atoms with Gasteiger partial charge in [0.1, 0.15) is 6.04 Å². The Morgan fingerprint density at radius 1 is 1.45 bits per heavy atom. The maximum Gasteiger partial charge on any atom is 0.327 e. The van der Waals surface area contributed by atoms with E-state index in [0.717, 1.165) is 12.0 Å². The van der Waals surface area contributed by atoms with Crippen LogP contribution in [0.3, 0.4) is 0 Å². The maximum atomic E-state index is 12.4. The van der Waals surface area contributed by atoms with Crippen molar-refractivity contribution in [1.82, 2.24) is 4.90 Å². The molecule has 1 heterocycles. The van der Waals surface area contributed by atoms with Gasteiger partial charge in [-0.25, -0.2) is 4.79 Å². The summed E-state index contributed by atoms with van der Waals surface area (Å²) in [5, 5.41) is 9.70. The Morgan fingerprint density at radius 2 is 2.15 bits per heavy atom. The van der Waals surface area contributed by atoms with Crippen LogP contribution in [0.25, 0.3) is 0 Å². The quantitative estimate of drug-likeness (QED) is 0.928. The summed E-state index contributed by atoms with van der Waals surface area (Å²) in [5.74, 6) is -0.675. The van der Waals surface area contributed by atoms with Crippen molar-refractivity contribution >= 4 is 35.2 Å². The highest BCUT2D eigenvalue weighted by atomic mass is 35.5. The number of amides is 1. The van der Waals surface area contributed by atoms with Crippen molar-refractivity contribution in [1.29, 1.82) is 0 Å². The lowest BCUT2D eigenvalue weighted by Gasteiger charge is -2.26. The van der Waals surface area contributed by atoms with Crippen LogP contribution in [0.1, 0.15) is 18.9 Å². The Hall–Kier alpha value is -1.20. The minimum atomic E-state index is -0.944. The number of hydrogen-bond donors (Lipinski definition) is 1. The van der Waals surface area contributed by atoms with Crippen molar-refractivity contribution in [3.8, 4) is 0 Å². The molecule has 0 bridgehead atoms. The first-order chi connectivity index (χ1) is 9.54. The van der Waals surface area contributed by atoms with E-state index in [1.807, 2.05) is 13.0 Å². The van der Waals surface area contributed by atoms with Crippen LogP contribution in [0.4, 0.5) is 0 Å². The summed E-state index contributed by atoms with van der Waals surface area (Å²) < 4.78 is 0. The normalized spacial score (nSPS) is 22.0. The number of thioether (sulfide) groups is 1. The number of carboxylic acids is 1. The molecule has 0 radical (unpaired) electrons. The van der Waals surface area contributed by atoms with Crippen molar-refractivity contribution in [3.05, 3.63) is 34.9 Å². The molecule has 2 unspecified atom stereocenters. The molecule has 2 atom stereocenters. The number of carbonyl (C=O) groups excluding carboxylic acids is 1. The van der Waals surface area contributed by atoms with E-state index in [-0.39, 0.29) is 17.7 Å². The molecule has 4 nitrogen and oxygen atoms in total. The third-order valence-electron chi connectivity index (χ3n) is 3.31. The lowest BCUT2D eigenvalue weighted by molar-refractivity contribution is -0.148. The van der Waals surface area contributed by atoms with Gasteiger partial charge in [0.2, 0.25) is 5.91 Å². The average Bonchev–Trinajstić information content (AvgIpc) is 2.85. The van der Waals surface area contributed by atoms with Crippen LogP contribution in [0.2, 0.25) is 5.02 Å². The molecule has 2 rings (SSSR count). The molecule has 1 aliphatic rings. The zero-order valence-corrected chi connectivity index (χ0v) is 12.7. The molecule has 1 N–H and O–H groups in total. The fourth-order valence-corrected chi connectivity index (χ4v) is 3.87. The third-order valence-corrected chi connectivity index (χ3v) is 5.14. The molecule has 108 valence electrons. The summed E-state index contributed by atoms with van der Waals surface area (Å²) >= 11 is 7.57. The summed E-state index contributed by atoms with van der Waals surface area (Å²) in [4.78, 5) is 25.2.